The number of hydrogen-bond donors (Lipinski definition) is 2. The highest BCUT2D eigenvalue weighted by molar-refractivity contribution is 5.88. The number of benzene rings is 1. The highest BCUT2D eigenvalue weighted by atomic mass is 19.1. The van der Waals surface area contributed by atoms with Gasteiger partial charge in [0.1, 0.15) is 5.82 Å². The molecule has 5 nitrogen and oxygen atoms in total. The van der Waals surface area contributed by atoms with Gasteiger partial charge in [-0.1, -0.05) is 12.1 Å². The first kappa shape index (κ1) is 13.0. The van der Waals surface area contributed by atoms with Gasteiger partial charge in [0.2, 0.25) is 0 Å². The number of hydrogen-bond acceptors (Lipinski definition) is 4. The molecule has 0 saturated carbocycles. The number of nitrogen functional groups attached to an aromatic ring is 1. The minimum atomic E-state index is -0.361. The minimum absolute atomic E-state index is 0.339. The van der Waals surface area contributed by atoms with Crippen LogP contribution >= 0.6 is 0 Å². The molecule has 0 radical (unpaired) electrons. The average molecular weight is 282 g/mol. The van der Waals surface area contributed by atoms with E-state index in [0.717, 1.165) is 0 Å². The van der Waals surface area contributed by atoms with Crippen molar-refractivity contribution < 1.29 is 4.39 Å². The number of nitrogens with one attached hydrogen (secondary N) is 1. The quantitative estimate of drug-likeness (QED) is 0.754. The molecule has 0 aliphatic heterocycles. The van der Waals surface area contributed by atoms with Crippen molar-refractivity contribution in [3.05, 3.63) is 65.2 Å². The Morgan fingerprint density at radius 2 is 1.90 bits per heavy atom. The summed E-state index contributed by atoms with van der Waals surface area (Å²) >= 11 is 0. The third-order valence-electron chi connectivity index (χ3n) is 3.03. The molecule has 0 bridgehead atoms. The Morgan fingerprint density at radius 1 is 1.10 bits per heavy atom. The molecule has 0 spiro atoms. The van der Waals surface area contributed by atoms with Gasteiger partial charge in [-0.15, -0.1) is 0 Å². The van der Waals surface area contributed by atoms with Gasteiger partial charge in [0, 0.05) is 17.3 Å². The van der Waals surface area contributed by atoms with E-state index in [1.807, 2.05) is 0 Å². The fourth-order valence-electron chi connectivity index (χ4n) is 2.16. The smallest absolute Gasteiger partial charge is 0.266 e. The lowest BCUT2D eigenvalue weighted by atomic mass is 9.99. The molecule has 0 amide bonds. The molecule has 21 heavy (non-hydrogen) atoms. The number of H-pyrrole nitrogens is 1. The van der Waals surface area contributed by atoms with Crippen LogP contribution in [0.4, 0.5) is 10.1 Å². The Morgan fingerprint density at radius 3 is 2.67 bits per heavy atom. The number of anilines is 1. The highest BCUT2D eigenvalue weighted by Gasteiger charge is 2.13. The third-order valence-corrected chi connectivity index (χ3v) is 3.03. The molecular weight excluding hydrogens is 271 g/mol. The van der Waals surface area contributed by atoms with E-state index in [4.69, 9.17) is 5.73 Å². The topological polar surface area (TPSA) is 84.7 Å². The van der Waals surface area contributed by atoms with Crippen LogP contribution in [0.15, 0.2) is 53.8 Å². The third kappa shape index (κ3) is 2.51. The second-order valence-electron chi connectivity index (χ2n) is 4.47. The summed E-state index contributed by atoms with van der Waals surface area (Å²) in [5.41, 5.74) is 8.28. The molecule has 6 heteroatoms. The van der Waals surface area contributed by atoms with Crippen LogP contribution in [-0.2, 0) is 0 Å². The average Bonchev–Trinajstić information content (AvgIpc) is 2.47. The largest absolute Gasteiger partial charge is 0.397 e. The molecule has 0 atom stereocenters. The predicted molar refractivity (Wildman–Crippen MR) is 77.9 cm³/mol. The second-order valence-corrected chi connectivity index (χ2v) is 4.47. The molecular formula is C15H11FN4O. The molecule has 1 aromatic carbocycles. The summed E-state index contributed by atoms with van der Waals surface area (Å²) in [5.74, 6) is -0.361. The summed E-state index contributed by atoms with van der Waals surface area (Å²) in [6.07, 6.45) is 5.72. The monoisotopic (exact) mass is 282 g/mol. The Balaban J connectivity index is 2.28. The van der Waals surface area contributed by atoms with Crippen molar-refractivity contribution in [1.82, 2.24) is 15.0 Å². The van der Waals surface area contributed by atoms with Gasteiger partial charge in [0.05, 0.1) is 30.0 Å². The van der Waals surface area contributed by atoms with Crippen LogP contribution in [0.5, 0.6) is 0 Å². The van der Waals surface area contributed by atoms with Gasteiger partial charge in [-0.2, -0.15) is 0 Å². The number of rotatable bonds is 2. The fraction of sp³-hybridized carbons (Fsp3) is 0. The van der Waals surface area contributed by atoms with Crippen molar-refractivity contribution >= 4 is 5.69 Å². The lowest BCUT2D eigenvalue weighted by Gasteiger charge is -2.11. The van der Waals surface area contributed by atoms with Gasteiger partial charge >= 0.3 is 0 Å². The molecule has 104 valence electrons. The standard InChI is InChI=1S/C15H11FN4O/c16-10-3-1-2-9(4-10)11-5-18-6-12(17)15(11)13-7-19-8-14(21)20-13/h1-8H,17H2,(H,20,21). The number of halogens is 1. The van der Waals surface area contributed by atoms with Crippen molar-refractivity contribution in [2.75, 3.05) is 5.73 Å². The van der Waals surface area contributed by atoms with E-state index in [1.54, 1.807) is 18.3 Å². The maximum atomic E-state index is 13.4. The Hall–Kier alpha value is -3.02. The van der Waals surface area contributed by atoms with Crippen LogP contribution in [0.1, 0.15) is 0 Å². The Labute approximate surface area is 119 Å². The van der Waals surface area contributed by atoms with E-state index in [1.165, 1.54) is 30.7 Å². The second kappa shape index (κ2) is 5.16. The van der Waals surface area contributed by atoms with E-state index in [9.17, 15) is 9.18 Å². The SMILES string of the molecule is Nc1cncc(-c2cccc(F)c2)c1-c1cncc(=O)[nH]1. The Kier molecular flexibility index (Phi) is 3.19. The normalized spacial score (nSPS) is 10.5. The number of aromatic nitrogens is 3. The van der Waals surface area contributed by atoms with E-state index >= 15 is 0 Å². The van der Waals surface area contributed by atoms with Crippen molar-refractivity contribution in [2.24, 2.45) is 0 Å². The molecule has 0 aliphatic rings. The molecule has 3 rings (SSSR count). The number of nitrogens with two attached hydrogens (primary N) is 1. The van der Waals surface area contributed by atoms with Crippen molar-refractivity contribution in [2.45, 2.75) is 0 Å². The molecule has 0 saturated heterocycles. The fourth-order valence-corrected chi connectivity index (χ4v) is 2.16. The zero-order valence-electron chi connectivity index (χ0n) is 10.9. The highest BCUT2D eigenvalue weighted by Crippen LogP contribution is 2.34. The summed E-state index contributed by atoms with van der Waals surface area (Å²) in [4.78, 5) is 22.0. The van der Waals surface area contributed by atoms with Gasteiger partial charge in [-0.25, -0.2) is 4.39 Å². The van der Waals surface area contributed by atoms with Crippen LogP contribution in [0.2, 0.25) is 0 Å². The zero-order valence-corrected chi connectivity index (χ0v) is 10.9. The molecule has 2 heterocycles. The minimum Gasteiger partial charge on any atom is -0.397 e. The van der Waals surface area contributed by atoms with Gasteiger partial charge < -0.3 is 10.7 Å². The van der Waals surface area contributed by atoms with E-state index in [2.05, 4.69) is 15.0 Å². The maximum absolute atomic E-state index is 13.4. The van der Waals surface area contributed by atoms with Gasteiger partial charge in [0.15, 0.2) is 0 Å². The van der Waals surface area contributed by atoms with Crippen molar-refractivity contribution in [1.29, 1.82) is 0 Å². The lowest BCUT2D eigenvalue weighted by Crippen LogP contribution is -2.07. The zero-order chi connectivity index (χ0) is 14.8. The molecule has 3 N–H and O–H groups in total. The summed E-state index contributed by atoms with van der Waals surface area (Å²) < 4.78 is 13.4. The molecule has 0 unspecified atom stereocenters. The summed E-state index contributed by atoms with van der Waals surface area (Å²) in [5, 5.41) is 0. The Bertz CT molecular complexity index is 860. The van der Waals surface area contributed by atoms with E-state index in [0.29, 0.717) is 28.1 Å². The van der Waals surface area contributed by atoms with Crippen molar-refractivity contribution in [3.63, 3.8) is 0 Å². The number of aromatic amines is 1. The summed E-state index contributed by atoms with van der Waals surface area (Å²) in [6, 6.07) is 6.09. The van der Waals surface area contributed by atoms with Crippen LogP contribution in [0.25, 0.3) is 22.4 Å². The number of nitrogens with zero attached hydrogens (tertiary/aromatic N) is 2. The van der Waals surface area contributed by atoms with E-state index in [-0.39, 0.29) is 11.4 Å². The molecule has 2 aromatic heterocycles. The van der Waals surface area contributed by atoms with Crippen molar-refractivity contribution in [3.8, 4) is 22.4 Å². The van der Waals surface area contributed by atoms with Gasteiger partial charge in [0.25, 0.3) is 5.56 Å². The molecule has 0 aliphatic carbocycles. The van der Waals surface area contributed by atoms with Crippen LogP contribution in [-0.4, -0.2) is 15.0 Å². The first-order valence-electron chi connectivity index (χ1n) is 6.19. The van der Waals surface area contributed by atoms with Crippen LogP contribution in [0.3, 0.4) is 0 Å². The summed E-state index contributed by atoms with van der Waals surface area (Å²) in [6.45, 7) is 0. The first-order chi connectivity index (χ1) is 10.1. The van der Waals surface area contributed by atoms with E-state index < -0.39 is 0 Å². The molecule has 3 aromatic rings. The first-order valence-corrected chi connectivity index (χ1v) is 6.19. The maximum Gasteiger partial charge on any atom is 0.266 e. The van der Waals surface area contributed by atoms with Crippen LogP contribution < -0.4 is 11.3 Å². The van der Waals surface area contributed by atoms with Gasteiger partial charge in [-0.3, -0.25) is 14.8 Å². The lowest BCUT2D eigenvalue weighted by molar-refractivity contribution is 0.628. The summed E-state index contributed by atoms with van der Waals surface area (Å²) in [7, 11) is 0. The number of pyridine rings is 1. The van der Waals surface area contributed by atoms with Crippen LogP contribution in [0, 0.1) is 5.82 Å². The molecule has 0 fully saturated rings. The predicted octanol–water partition coefficient (Wildman–Crippen LogP) is 2.22. The van der Waals surface area contributed by atoms with Gasteiger partial charge in [-0.05, 0) is 17.7 Å².